The first kappa shape index (κ1) is 15.8. The largest absolute Gasteiger partial charge is 0.493 e. The van der Waals surface area contributed by atoms with E-state index in [1.807, 2.05) is 19.2 Å². The number of nitrogens with zero attached hydrogens (tertiary/aromatic N) is 1. The third-order valence-electron chi connectivity index (χ3n) is 4.15. The molecule has 2 rings (SSSR count). The quantitative estimate of drug-likeness (QED) is 0.777. The summed E-state index contributed by atoms with van der Waals surface area (Å²) in [5.74, 6) is 1.22. The summed E-state index contributed by atoms with van der Waals surface area (Å²) in [7, 11) is 1.99. The predicted molar refractivity (Wildman–Crippen MR) is 86.0 cm³/mol. The van der Waals surface area contributed by atoms with Gasteiger partial charge in [-0.1, -0.05) is 31.2 Å². The number of hydrogen-bond donors (Lipinski definition) is 0. The van der Waals surface area contributed by atoms with Crippen LogP contribution < -0.4 is 0 Å². The number of allylic oxidation sites excluding steroid dienone is 1. The fourth-order valence-electron chi connectivity index (χ4n) is 2.87. The van der Waals surface area contributed by atoms with Gasteiger partial charge in [-0.2, -0.15) is 0 Å². The Bertz CT molecular complexity index is 536. The van der Waals surface area contributed by atoms with Gasteiger partial charge in [0.25, 0.3) is 0 Å². The highest BCUT2D eigenvalue weighted by atomic mass is 16.5. The van der Waals surface area contributed by atoms with E-state index in [9.17, 15) is 4.79 Å². The summed E-state index contributed by atoms with van der Waals surface area (Å²) in [5.41, 5.74) is 2.45. The molecule has 0 amide bonds. The van der Waals surface area contributed by atoms with Crippen LogP contribution in [0, 0.1) is 6.92 Å². The number of likely N-dealkylation sites (tertiary alicyclic amines) is 1. The number of rotatable bonds is 5. The lowest BCUT2D eigenvalue weighted by molar-refractivity contribution is -0.120. The van der Waals surface area contributed by atoms with Crippen molar-refractivity contribution in [3.8, 4) is 0 Å². The number of benzene rings is 1. The number of aryl methyl sites for hydroxylation is 1. The molecule has 1 aliphatic heterocycles. The number of hydrogen-bond acceptors (Lipinski definition) is 3. The van der Waals surface area contributed by atoms with Crippen molar-refractivity contribution in [2.75, 3.05) is 13.6 Å². The van der Waals surface area contributed by atoms with Gasteiger partial charge in [0.2, 0.25) is 0 Å². The van der Waals surface area contributed by atoms with Crippen LogP contribution in [0.2, 0.25) is 0 Å². The van der Waals surface area contributed by atoms with E-state index in [4.69, 9.17) is 4.74 Å². The molecule has 2 unspecified atom stereocenters. The van der Waals surface area contributed by atoms with Crippen molar-refractivity contribution in [3.63, 3.8) is 0 Å². The standard InChI is InChI=1S/C18H25NO2/c1-5-16(10-15-9-7-6-8-13(15)2)21-17-11-18(14(3)20)19(4)12-17/h6-10,17-18H,5,11-12H2,1-4H3/b16-10+. The highest BCUT2D eigenvalue weighted by Crippen LogP contribution is 2.24. The van der Waals surface area contributed by atoms with Gasteiger partial charge in [0, 0.05) is 19.4 Å². The Hall–Kier alpha value is -1.61. The van der Waals surface area contributed by atoms with Gasteiger partial charge >= 0.3 is 0 Å². The van der Waals surface area contributed by atoms with Gasteiger partial charge in [0.15, 0.2) is 0 Å². The van der Waals surface area contributed by atoms with Crippen molar-refractivity contribution in [1.82, 2.24) is 4.90 Å². The van der Waals surface area contributed by atoms with E-state index in [-0.39, 0.29) is 17.9 Å². The fourth-order valence-corrected chi connectivity index (χ4v) is 2.87. The summed E-state index contributed by atoms with van der Waals surface area (Å²) in [5, 5.41) is 0. The molecule has 1 aromatic carbocycles. The van der Waals surface area contributed by atoms with Crippen LogP contribution >= 0.6 is 0 Å². The average Bonchev–Trinajstić information content (AvgIpc) is 2.81. The molecule has 0 N–H and O–H groups in total. The summed E-state index contributed by atoms with van der Waals surface area (Å²) in [6.45, 7) is 6.68. The zero-order valence-electron chi connectivity index (χ0n) is 13.4. The Labute approximate surface area is 127 Å². The topological polar surface area (TPSA) is 29.5 Å². The Balaban J connectivity index is 2.07. The first-order valence-corrected chi connectivity index (χ1v) is 7.64. The third kappa shape index (κ3) is 3.94. The fraction of sp³-hybridized carbons (Fsp3) is 0.500. The Morgan fingerprint density at radius 1 is 1.43 bits per heavy atom. The molecular formula is C18H25NO2. The van der Waals surface area contributed by atoms with Crippen molar-refractivity contribution >= 4 is 11.9 Å². The van der Waals surface area contributed by atoms with E-state index in [1.165, 1.54) is 11.1 Å². The minimum Gasteiger partial charge on any atom is -0.493 e. The number of ether oxygens (including phenoxy) is 1. The monoisotopic (exact) mass is 287 g/mol. The van der Waals surface area contributed by atoms with E-state index in [0.29, 0.717) is 0 Å². The van der Waals surface area contributed by atoms with Crippen LogP contribution in [0.1, 0.15) is 37.8 Å². The number of ketones is 1. The molecule has 1 aromatic rings. The highest BCUT2D eigenvalue weighted by Gasteiger charge is 2.33. The second-order valence-electron chi connectivity index (χ2n) is 5.86. The number of carbonyl (C=O) groups is 1. The van der Waals surface area contributed by atoms with Crippen molar-refractivity contribution in [1.29, 1.82) is 0 Å². The maximum Gasteiger partial charge on any atom is 0.147 e. The van der Waals surface area contributed by atoms with E-state index in [2.05, 4.69) is 37.0 Å². The summed E-state index contributed by atoms with van der Waals surface area (Å²) >= 11 is 0. The van der Waals surface area contributed by atoms with Crippen LogP contribution in [-0.4, -0.2) is 36.4 Å². The number of likely N-dealkylation sites (N-methyl/N-ethyl adjacent to an activating group) is 1. The van der Waals surface area contributed by atoms with Crippen molar-refractivity contribution in [2.45, 2.75) is 45.8 Å². The van der Waals surface area contributed by atoms with Gasteiger partial charge < -0.3 is 4.74 Å². The van der Waals surface area contributed by atoms with E-state index in [0.717, 1.165) is 25.1 Å². The van der Waals surface area contributed by atoms with Crippen LogP contribution in [0.25, 0.3) is 6.08 Å². The highest BCUT2D eigenvalue weighted by molar-refractivity contribution is 5.81. The van der Waals surface area contributed by atoms with Gasteiger partial charge in [0.1, 0.15) is 11.9 Å². The average molecular weight is 287 g/mol. The molecule has 0 radical (unpaired) electrons. The third-order valence-corrected chi connectivity index (χ3v) is 4.15. The van der Waals surface area contributed by atoms with Crippen LogP contribution in [0.4, 0.5) is 0 Å². The molecule has 0 aliphatic carbocycles. The Kier molecular flexibility index (Phi) is 5.18. The van der Waals surface area contributed by atoms with Gasteiger partial charge in [-0.05, 0) is 38.1 Å². The summed E-state index contributed by atoms with van der Waals surface area (Å²) in [6, 6.07) is 8.30. The van der Waals surface area contributed by atoms with Crippen molar-refractivity contribution < 1.29 is 9.53 Å². The van der Waals surface area contributed by atoms with E-state index >= 15 is 0 Å². The molecule has 0 bridgehead atoms. The van der Waals surface area contributed by atoms with E-state index < -0.39 is 0 Å². The summed E-state index contributed by atoms with van der Waals surface area (Å²) in [6.07, 6.45) is 3.88. The SMILES string of the molecule is CC/C(=C\c1ccccc1C)OC1CC(C(C)=O)N(C)C1. The Morgan fingerprint density at radius 2 is 2.14 bits per heavy atom. The molecule has 0 aromatic heterocycles. The van der Waals surface area contributed by atoms with Crippen molar-refractivity contribution in [2.24, 2.45) is 0 Å². The maximum atomic E-state index is 11.6. The first-order chi connectivity index (χ1) is 10.0. The zero-order valence-corrected chi connectivity index (χ0v) is 13.4. The van der Waals surface area contributed by atoms with Crippen LogP contribution in [0.5, 0.6) is 0 Å². The minimum atomic E-state index is 0.00608. The first-order valence-electron chi connectivity index (χ1n) is 7.64. The molecule has 114 valence electrons. The van der Waals surface area contributed by atoms with E-state index in [1.54, 1.807) is 6.92 Å². The molecule has 1 saturated heterocycles. The van der Waals surface area contributed by atoms with Crippen LogP contribution in [-0.2, 0) is 9.53 Å². The molecule has 1 aliphatic rings. The van der Waals surface area contributed by atoms with Gasteiger partial charge in [-0.25, -0.2) is 0 Å². The van der Waals surface area contributed by atoms with Gasteiger partial charge in [-0.3, -0.25) is 9.69 Å². The summed E-state index contributed by atoms with van der Waals surface area (Å²) < 4.78 is 6.14. The van der Waals surface area contributed by atoms with Crippen LogP contribution in [0.15, 0.2) is 30.0 Å². The lowest BCUT2D eigenvalue weighted by Gasteiger charge is -2.16. The second-order valence-corrected chi connectivity index (χ2v) is 5.86. The molecule has 3 nitrogen and oxygen atoms in total. The molecule has 0 saturated carbocycles. The zero-order chi connectivity index (χ0) is 15.4. The van der Waals surface area contributed by atoms with Gasteiger partial charge in [-0.15, -0.1) is 0 Å². The number of Topliss-reactive ketones (excluding diaryl/α,β-unsaturated/α-hetero) is 1. The molecule has 2 atom stereocenters. The normalized spacial score (nSPS) is 23.3. The molecule has 0 spiro atoms. The lowest BCUT2D eigenvalue weighted by Crippen LogP contribution is -2.30. The van der Waals surface area contributed by atoms with Gasteiger partial charge in [0.05, 0.1) is 11.8 Å². The molecule has 3 heteroatoms. The van der Waals surface area contributed by atoms with Crippen LogP contribution in [0.3, 0.4) is 0 Å². The lowest BCUT2D eigenvalue weighted by atomic mass is 10.1. The Morgan fingerprint density at radius 3 is 2.71 bits per heavy atom. The predicted octanol–water partition coefficient (Wildman–Crippen LogP) is 3.42. The molecular weight excluding hydrogens is 262 g/mol. The summed E-state index contributed by atoms with van der Waals surface area (Å²) in [4.78, 5) is 13.7. The van der Waals surface area contributed by atoms with Crippen molar-refractivity contribution in [3.05, 3.63) is 41.2 Å². The molecule has 1 fully saturated rings. The second kappa shape index (κ2) is 6.90. The maximum absolute atomic E-state index is 11.6. The molecule has 1 heterocycles. The minimum absolute atomic E-state index is 0.00608. The number of carbonyl (C=O) groups excluding carboxylic acids is 1. The molecule has 21 heavy (non-hydrogen) atoms. The smallest absolute Gasteiger partial charge is 0.147 e.